The number of nitrogens with zero attached hydrogens (tertiary/aromatic N) is 2. The number of hydrogen-bond acceptors (Lipinski definition) is 5. The van der Waals surface area contributed by atoms with Crippen molar-refractivity contribution in [3.63, 3.8) is 0 Å². The molecular formula is C13H10Cl2N4S. The lowest BCUT2D eigenvalue weighted by atomic mass is 10.3. The molecule has 102 valence electrons. The molecule has 0 atom stereocenters. The van der Waals surface area contributed by atoms with Crippen LogP contribution in [0.2, 0.25) is 10.0 Å². The molecule has 7 heteroatoms. The second kappa shape index (κ2) is 5.91. The van der Waals surface area contributed by atoms with Gasteiger partial charge in [-0.25, -0.2) is 0 Å². The highest BCUT2D eigenvalue weighted by atomic mass is 35.5. The van der Waals surface area contributed by atoms with Crippen LogP contribution < -0.4 is 10.6 Å². The maximum atomic E-state index is 6.12. The maximum Gasteiger partial charge on any atom is 0.208 e. The number of nitrogens with one attached hydrogen (secondary N) is 2. The average molecular weight is 325 g/mol. The van der Waals surface area contributed by atoms with Crippen LogP contribution in [0.15, 0.2) is 45.8 Å². The van der Waals surface area contributed by atoms with Crippen molar-refractivity contribution < 1.29 is 0 Å². The molecule has 0 fully saturated rings. The number of fused-ring (bicyclic) bond motifs is 1. The molecule has 4 nitrogen and oxygen atoms in total. The van der Waals surface area contributed by atoms with Gasteiger partial charge in [-0.1, -0.05) is 29.3 Å². The van der Waals surface area contributed by atoms with E-state index in [2.05, 4.69) is 20.0 Å². The summed E-state index contributed by atoms with van der Waals surface area (Å²) >= 11 is 13.4. The molecule has 1 aliphatic rings. The zero-order chi connectivity index (χ0) is 13.9. The largest absolute Gasteiger partial charge is 0.350 e. The van der Waals surface area contributed by atoms with E-state index in [1.807, 2.05) is 24.3 Å². The van der Waals surface area contributed by atoms with E-state index in [0.717, 1.165) is 16.3 Å². The molecule has 3 rings (SSSR count). The van der Waals surface area contributed by atoms with Gasteiger partial charge in [0, 0.05) is 23.2 Å². The Hall–Kier alpha value is -1.43. The van der Waals surface area contributed by atoms with Crippen molar-refractivity contribution in [3.05, 3.63) is 52.3 Å². The number of pyridine rings is 1. The summed E-state index contributed by atoms with van der Waals surface area (Å²) in [6.45, 7) is 0.594. The van der Waals surface area contributed by atoms with Crippen LogP contribution in [0.4, 0.5) is 5.69 Å². The van der Waals surface area contributed by atoms with Crippen molar-refractivity contribution in [3.8, 4) is 0 Å². The van der Waals surface area contributed by atoms with Crippen molar-refractivity contribution in [2.24, 2.45) is 4.40 Å². The zero-order valence-electron chi connectivity index (χ0n) is 10.2. The Kier molecular flexibility index (Phi) is 4.00. The lowest BCUT2D eigenvalue weighted by Crippen LogP contribution is -2.31. The molecule has 20 heavy (non-hydrogen) atoms. The van der Waals surface area contributed by atoms with Gasteiger partial charge in [0.25, 0.3) is 0 Å². The summed E-state index contributed by atoms with van der Waals surface area (Å²) in [7, 11) is 0. The van der Waals surface area contributed by atoms with Gasteiger partial charge in [-0.2, -0.15) is 4.40 Å². The van der Waals surface area contributed by atoms with E-state index in [0.29, 0.717) is 22.5 Å². The van der Waals surface area contributed by atoms with E-state index >= 15 is 0 Å². The van der Waals surface area contributed by atoms with E-state index in [-0.39, 0.29) is 0 Å². The van der Waals surface area contributed by atoms with Crippen LogP contribution in [-0.2, 0) is 6.54 Å². The minimum Gasteiger partial charge on any atom is -0.350 e. The number of aromatic nitrogens is 1. The molecule has 2 heterocycles. The zero-order valence-corrected chi connectivity index (χ0v) is 12.6. The number of halogens is 2. The first-order chi connectivity index (χ1) is 9.72. The van der Waals surface area contributed by atoms with Crippen LogP contribution in [0.25, 0.3) is 0 Å². The third-order valence-electron chi connectivity index (χ3n) is 2.65. The second-order valence-electron chi connectivity index (χ2n) is 4.10. The first-order valence-corrected chi connectivity index (χ1v) is 7.40. The fourth-order valence-corrected chi connectivity index (χ4v) is 2.99. The van der Waals surface area contributed by atoms with Crippen LogP contribution in [-0.4, -0.2) is 10.9 Å². The van der Waals surface area contributed by atoms with Crippen molar-refractivity contribution in [2.75, 3.05) is 5.32 Å². The lowest BCUT2D eigenvalue weighted by Gasteiger charge is -2.19. The topological polar surface area (TPSA) is 49.3 Å². The summed E-state index contributed by atoms with van der Waals surface area (Å²) in [4.78, 5) is 5.12. The van der Waals surface area contributed by atoms with Gasteiger partial charge >= 0.3 is 0 Å². The van der Waals surface area contributed by atoms with Crippen LogP contribution >= 0.6 is 35.1 Å². The highest BCUT2D eigenvalue weighted by molar-refractivity contribution is 7.98. The summed E-state index contributed by atoms with van der Waals surface area (Å²) in [5.41, 5.74) is 1.79. The van der Waals surface area contributed by atoms with Crippen molar-refractivity contribution >= 4 is 46.8 Å². The molecule has 1 aromatic heterocycles. The monoisotopic (exact) mass is 324 g/mol. The number of rotatable bonds is 2. The third-order valence-corrected chi connectivity index (χ3v) is 4.18. The molecule has 2 aromatic rings. The summed E-state index contributed by atoms with van der Waals surface area (Å²) < 4.78 is 4.33. The van der Waals surface area contributed by atoms with Gasteiger partial charge in [-0.15, -0.1) is 0 Å². The first-order valence-electron chi connectivity index (χ1n) is 5.87. The van der Waals surface area contributed by atoms with Gasteiger partial charge in [0.05, 0.1) is 27.8 Å². The Balaban J connectivity index is 1.71. The van der Waals surface area contributed by atoms with E-state index in [1.165, 1.54) is 11.9 Å². The molecule has 0 amide bonds. The standard InChI is InChI=1S/C13H10Cl2N4S/c14-8-5-10(15)12-11(6-8)18-13(19-20-12)17-7-9-3-1-2-4-16-9/h1-6H,7H2,(H2,17,18,19). The normalized spacial score (nSPS) is 13.2. The Labute approximate surface area is 130 Å². The molecule has 0 saturated carbocycles. The molecule has 0 bridgehead atoms. The van der Waals surface area contributed by atoms with Gasteiger partial charge in [-0.05, 0) is 24.3 Å². The predicted octanol–water partition coefficient (Wildman–Crippen LogP) is 3.97. The summed E-state index contributed by atoms with van der Waals surface area (Å²) in [5, 5.41) is 7.54. The van der Waals surface area contributed by atoms with Crippen molar-refractivity contribution in [2.45, 2.75) is 11.4 Å². The van der Waals surface area contributed by atoms with Gasteiger partial charge in [0.1, 0.15) is 0 Å². The molecule has 1 aliphatic heterocycles. The minimum absolute atomic E-state index is 0.591. The summed E-state index contributed by atoms with van der Waals surface area (Å²) in [6.07, 6.45) is 1.76. The Morgan fingerprint density at radius 3 is 2.95 bits per heavy atom. The van der Waals surface area contributed by atoms with Crippen LogP contribution in [0, 0.1) is 0 Å². The fourth-order valence-electron chi connectivity index (χ4n) is 1.74. The second-order valence-corrected chi connectivity index (χ2v) is 5.71. The van der Waals surface area contributed by atoms with E-state index in [1.54, 1.807) is 12.3 Å². The van der Waals surface area contributed by atoms with Crippen LogP contribution in [0.3, 0.4) is 0 Å². The molecule has 0 saturated heterocycles. The predicted molar refractivity (Wildman–Crippen MR) is 84.5 cm³/mol. The lowest BCUT2D eigenvalue weighted by molar-refractivity contribution is 0.872. The highest BCUT2D eigenvalue weighted by Crippen LogP contribution is 2.39. The highest BCUT2D eigenvalue weighted by Gasteiger charge is 2.16. The molecule has 0 unspecified atom stereocenters. The number of benzene rings is 1. The molecular weight excluding hydrogens is 315 g/mol. The SMILES string of the molecule is Clc1cc(Cl)c2c(c1)NC(NCc1ccccn1)=NS2. The number of guanidine groups is 1. The van der Waals surface area contributed by atoms with Gasteiger partial charge in [-0.3, -0.25) is 4.98 Å². The average Bonchev–Trinajstić information content (AvgIpc) is 2.45. The van der Waals surface area contributed by atoms with Gasteiger partial charge in [0.2, 0.25) is 5.96 Å². The van der Waals surface area contributed by atoms with Gasteiger partial charge < -0.3 is 10.6 Å². The maximum absolute atomic E-state index is 6.12. The smallest absolute Gasteiger partial charge is 0.208 e. The Morgan fingerprint density at radius 2 is 2.15 bits per heavy atom. The van der Waals surface area contributed by atoms with Gasteiger partial charge in [0.15, 0.2) is 0 Å². The van der Waals surface area contributed by atoms with E-state index in [9.17, 15) is 0 Å². The number of hydrogen-bond donors (Lipinski definition) is 2. The van der Waals surface area contributed by atoms with Crippen molar-refractivity contribution in [1.29, 1.82) is 0 Å². The minimum atomic E-state index is 0.591. The third kappa shape index (κ3) is 3.00. The quantitative estimate of drug-likeness (QED) is 0.821. The van der Waals surface area contributed by atoms with Crippen LogP contribution in [0.1, 0.15) is 5.69 Å². The molecule has 0 radical (unpaired) electrons. The molecule has 1 aromatic carbocycles. The molecule has 2 N–H and O–H groups in total. The summed E-state index contributed by atoms with van der Waals surface area (Å²) in [6, 6.07) is 9.32. The number of anilines is 1. The van der Waals surface area contributed by atoms with Crippen LogP contribution in [0.5, 0.6) is 0 Å². The first kappa shape index (κ1) is 13.5. The van der Waals surface area contributed by atoms with E-state index < -0.39 is 0 Å². The summed E-state index contributed by atoms with van der Waals surface area (Å²) in [5.74, 6) is 0.659. The molecule has 0 spiro atoms. The fraction of sp³-hybridized carbons (Fsp3) is 0.0769. The van der Waals surface area contributed by atoms with E-state index in [4.69, 9.17) is 23.2 Å². The molecule has 0 aliphatic carbocycles. The Morgan fingerprint density at radius 1 is 1.25 bits per heavy atom. The Bertz CT molecular complexity index is 661. The van der Waals surface area contributed by atoms with Crippen molar-refractivity contribution in [1.82, 2.24) is 10.3 Å².